The Kier molecular flexibility index (Phi) is 6.67. The molecule has 0 bridgehead atoms. The molecule has 5 rings (SSSR count). The number of aromatic nitrogens is 2. The number of fused-ring (bicyclic) bond motifs is 1. The molecule has 2 atom stereocenters. The van der Waals surface area contributed by atoms with Crippen LogP contribution in [0, 0.1) is 35.4 Å². The van der Waals surface area contributed by atoms with E-state index in [0.717, 1.165) is 16.7 Å². The molecule has 0 saturated carbocycles. The Balaban J connectivity index is 1.57. The third-order valence-electron chi connectivity index (χ3n) is 7.31. The molecule has 4 aromatic rings. The van der Waals surface area contributed by atoms with Crippen LogP contribution in [-0.4, -0.2) is 40.1 Å². The molecule has 1 aliphatic heterocycles. The van der Waals surface area contributed by atoms with E-state index in [0.29, 0.717) is 36.4 Å². The van der Waals surface area contributed by atoms with Gasteiger partial charge < -0.3 is 9.47 Å². The molecule has 0 amide bonds. The molecule has 8 heteroatoms. The highest BCUT2D eigenvalue weighted by Crippen LogP contribution is 2.35. The number of nitriles is 2. The van der Waals surface area contributed by atoms with Crippen LogP contribution in [0.1, 0.15) is 40.9 Å². The highest BCUT2D eigenvalue weighted by Gasteiger charge is 2.34. The minimum atomic E-state index is -0.388. The van der Waals surface area contributed by atoms with Gasteiger partial charge in [0.25, 0.3) is 5.56 Å². The second kappa shape index (κ2) is 10.1. The summed E-state index contributed by atoms with van der Waals surface area (Å²) in [6.07, 6.45) is 0. The van der Waals surface area contributed by atoms with Gasteiger partial charge in [-0.25, -0.2) is 9.37 Å². The number of anilines is 1. The van der Waals surface area contributed by atoms with Gasteiger partial charge in [-0.1, -0.05) is 42.0 Å². The number of hydrogen-bond acceptors (Lipinski definition) is 6. The number of piperazine rings is 1. The van der Waals surface area contributed by atoms with Crippen LogP contribution in [0.5, 0.6) is 0 Å². The van der Waals surface area contributed by atoms with Crippen LogP contribution in [0.4, 0.5) is 10.1 Å². The van der Waals surface area contributed by atoms with Crippen molar-refractivity contribution in [2.75, 3.05) is 24.5 Å². The van der Waals surface area contributed by atoms with Crippen molar-refractivity contribution in [3.05, 3.63) is 105 Å². The van der Waals surface area contributed by atoms with E-state index < -0.39 is 0 Å². The number of aryl methyl sites for hydroxylation is 2. The van der Waals surface area contributed by atoms with E-state index in [1.165, 1.54) is 16.7 Å². The molecule has 190 valence electrons. The average Bonchev–Trinajstić information content (AvgIpc) is 2.92. The quantitative estimate of drug-likeness (QED) is 0.407. The van der Waals surface area contributed by atoms with Gasteiger partial charge in [0.15, 0.2) is 0 Å². The van der Waals surface area contributed by atoms with E-state index >= 15 is 0 Å². The van der Waals surface area contributed by atoms with Crippen molar-refractivity contribution in [3.8, 4) is 12.1 Å². The maximum atomic E-state index is 13.8. The Labute approximate surface area is 220 Å². The summed E-state index contributed by atoms with van der Waals surface area (Å²) in [6, 6.07) is 22.3. The number of benzene rings is 2. The van der Waals surface area contributed by atoms with Crippen molar-refractivity contribution >= 4 is 16.7 Å². The van der Waals surface area contributed by atoms with Gasteiger partial charge in [0.2, 0.25) is 0 Å². The van der Waals surface area contributed by atoms with Gasteiger partial charge in [-0.05, 0) is 49.2 Å². The lowest BCUT2D eigenvalue weighted by molar-refractivity contribution is 0.150. The minimum absolute atomic E-state index is 0.0177. The summed E-state index contributed by atoms with van der Waals surface area (Å²) in [5, 5.41) is 19.4. The third kappa shape index (κ3) is 4.40. The zero-order valence-corrected chi connectivity index (χ0v) is 21.5. The smallest absolute Gasteiger partial charge is 0.270 e. The summed E-state index contributed by atoms with van der Waals surface area (Å²) in [5.74, 6) is -0.277. The van der Waals surface area contributed by atoms with Gasteiger partial charge in [0, 0.05) is 32.7 Å². The maximum Gasteiger partial charge on any atom is 0.270 e. The number of rotatable bonds is 4. The molecule has 0 spiro atoms. The lowest BCUT2D eigenvalue weighted by Crippen LogP contribution is -2.53. The molecule has 2 aromatic heterocycles. The summed E-state index contributed by atoms with van der Waals surface area (Å²) in [5.41, 5.74) is 4.64. The number of nitrogens with zero attached hydrogens (tertiary/aromatic N) is 6. The van der Waals surface area contributed by atoms with Crippen molar-refractivity contribution in [2.45, 2.75) is 25.9 Å². The first kappa shape index (κ1) is 25.1. The first-order chi connectivity index (χ1) is 18.3. The van der Waals surface area contributed by atoms with Crippen LogP contribution in [0.25, 0.3) is 11.0 Å². The topological polar surface area (TPSA) is 89.0 Å². The lowest BCUT2D eigenvalue weighted by Gasteiger charge is -2.45. The summed E-state index contributed by atoms with van der Waals surface area (Å²) in [7, 11) is 1.61. The van der Waals surface area contributed by atoms with Gasteiger partial charge in [-0.2, -0.15) is 10.5 Å². The minimum Gasteiger partial charge on any atom is -0.366 e. The number of hydrogen-bond donors (Lipinski definition) is 0. The molecule has 2 aromatic carbocycles. The van der Waals surface area contributed by atoms with Gasteiger partial charge in [-0.15, -0.1) is 0 Å². The summed E-state index contributed by atoms with van der Waals surface area (Å²) in [6.45, 7) is 5.89. The fourth-order valence-electron chi connectivity index (χ4n) is 5.48. The van der Waals surface area contributed by atoms with E-state index in [1.54, 1.807) is 19.2 Å². The van der Waals surface area contributed by atoms with Crippen molar-refractivity contribution in [3.63, 3.8) is 0 Å². The lowest BCUT2D eigenvalue weighted by atomic mass is 9.93. The number of pyridine rings is 2. The van der Waals surface area contributed by atoms with Crippen LogP contribution in [0.3, 0.4) is 0 Å². The van der Waals surface area contributed by atoms with Crippen molar-refractivity contribution in [1.29, 1.82) is 10.5 Å². The molecule has 1 aliphatic rings. The van der Waals surface area contributed by atoms with Crippen LogP contribution in [0.15, 0.2) is 65.5 Å². The van der Waals surface area contributed by atoms with Crippen molar-refractivity contribution < 1.29 is 4.39 Å². The second-order valence-electron chi connectivity index (χ2n) is 9.78. The molecule has 0 aliphatic carbocycles. The molecular formula is C30H27FN6O. The molecule has 3 heterocycles. The van der Waals surface area contributed by atoms with E-state index in [9.17, 15) is 19.7 Å². The molecular weight excluding hydrogens is 479 g/mol. The fourth-order valence-corrected chi connectivity index (χ4v) is 5.48. The molecule has 0 radical (unpaired) electrons. The fraction of sp³-hybridized carbons (Fsp3) is 0.267. The van der Waals surface area contributed by atoms with Gasteiger partial charge in [0.1, 0.15) is 34.7 Å². The van der Waals surface area contributed by atoms with Gasteiger partial charge in [0.05, 0.1) is 17.2 Å². The number of halogens is 1. The normalized spacial score (nSPS) is 16.7. The van der Waals surface area contributed by atoms with Crippen LogP contribution in [-0.2, 0) is 7.05 Å². The average molecular weight is 507 g/mol. The summed E-state index contributed by atoms with van der Waals surface area (Å²) >= 11 is 0. The predicted octanol–water partition coefficient (Wildman–Crippen LogP) is 4.42. The summed E-state index contributed by atoms with van der Waals surface area (Å²) in [4.78, 5) is 22.0. The molecule has 1 saturated heterocycles. The summed E-state index contributed by atoms with van der Waals surface area (Å²) < 4.78 is 15.2. The van der Waals surface area contributed by atoms with E-state index in [4.69, 9.17) is 0 Å². The van der Waals surface area contributed by atoms with Crippen LogP contribution >= 0.6 is 0 Å². The van der Waals surface area contributed by atoms with Gasteiger partial charge >= 0.3 is 0 Å². The second-order valence-corrected chi connectivity index (χ2v) is 9.78. The first-order valence-corrected chi connectivity index (χ1v) is 12.5. The highest BCUT2D eigenvalue weighted by atomic mass is 19.1. The van der Waals surface area contributed by atoms with Crippen molar-refractivity contribution in [2.24, 2.45) is 7.05 Å². The zero-order valence-electron chi connectivity index (χ0n) is 21.5. The Morgan fingerprint density at radius 3 is 2.45 bits per heavy atom. The zero-order chi connectivity index (χ0) is 27.0. The molecule has 0 N–H and O–H groups in total. The molecule has 38 heavy (non-hydrogen) atoms. The first-order valence-electron chi connectivity index (χ1n) is 12.5. The predicted molar refractivity (Wildman–Crippen MR) is 144 cm³/mol. The Bertz CT molecular complexity index is 1660. The van der Waals surface area contributed by atoms with E-state index in [-0.39, 0.29) is 34.7 Å². The van der Waals surface area contributed by atoms with E-state index in [1.807, 2.05) is 23.1 Å². The Morgan fingerprint density at radius 2 is 1.79 bits per heavy atom. The molecule has 1 fully saturated rings. The Morgan fingerprint density at radius 1 is 1.03 bits per heavy atom. The molecule has 1 unspecified atom stereocenters. The van der Waals surface area contributed by atoms with Crippen LogP contribution < -0.4 is 10.5 Å². The largest absolute Gasteiger partial charge is 0.366 e. The monoisotopic (exact) mass is 506 g/mol. The standard InChI is InChI=1S/C30H27FN6O/c1-19-5-4-6-22(15-19)28(21-7-9-23(31)10-8-21)37-14-13-36(18-20(37)2)29-25(17-33)30(38)35(3)26-12-11-24(16-32)34-27(26)29/h4-12,15,20,28H,13-14,18H2,1-3H3/t20-,28?/m1/s1. The van der Waals surface area contributed by atoms with Gasteiger partial charge in [-0.3, -0.25) is 9.69 Å². The Hall–Kier alpha value is -4.53. The SMILES string of the molecule is Cc1cccc(C(c2ccc(F)cc2)N2CCN(c3c(C#N)c(=O)n(C)c4ccc(C#N)nc34)C[C@H]2C)c1. The van der Waals surface area contributed by atoms with E-state index in [2.05, 4.69) is 54.1 Å². The molecule has 7 nitrogen and oxygen atoms in total. The third-order valence-corrected chi connectivity index (χ3v) is 7.31. The van der Waals surface area contributed by atoms with Crippen molar-refractivity contribution in [1.82, 2.24) is 14.5 Å². The highest BCUT2D eigenvalue weighted by molar-refractivity contribution is 5.92. The maximum absolute atomic E-state index is 13.8. The van der Waals surface area contributed by atoms with Crippen LogP contribution in [0.2, 0.25) is 0 Å².